The van der Waals surface area contributed by atoms with Gasteiger partial charge in [0.15, 0.2) is 0 Å². The fourth-order valence-corrected chi connectivity index (χ4v) is 0. The van der Waals surface area contributed by atoms with Crippen LogP contribution in [-0.4, -0.2) is 50.9 Å². The quantitative estimate of drug-likeness (QED) is 0.293. The summed E-state index contributed by atoms with van der Waals surface area (Å²) in [6.07, 6.45) is -2.67. The Morgan fingerprint density at radius 2 is 1.00 bits per heavy atom. The van der Waals surface area contributed by atoms with E-state index in [2.05, 4.69) is 11.5 Å². The van der Waals surface area contributed by atoms with Crippen LogP contribution in [0.4, 0.5) is 9.59 Å². The predicted molar refractivity (Wildman–Crippen MR) is 36.6 cm³/mol. The summed E-state index contributed by atoms with van der Waals surface area (Å²) in [4.78, 5) is 17.6. The van der Waals surface area contributed by atoms with Crippen molar-refractivity contribution >= 4 is 35.2 Å². The third kappa shape index (κ3) is 530. The van der Waals surface area contributed by atoms with Crippen LogP contribution in [0.15, 0.2) is 0 Å². The van der Waals surface area contributed by atoms with E-state index in [-0.39, 0.29) is 28.5 Å². The van der Waals surface area contributed by atoms with E-state index >= 15 is 0 Å². The molecule has 0 aromatic rings. The molecule has 8 N–H and O–H groups in total. The lowest BCUT2D eigenvalue weighted by molar-refractivity contribution is 0.204. The summed E-state index contributed by atoms with van der Waals surface area (Å²) in [6, 6.07) is 0. The van der Waals surface area contributed by atoms with Gasteiger partial charge in [0.2, 0.25) is 0 Å². The number of primary amides is 2. The molecule has 0 saturated heterocycles. The van der Waals surface area contributed by atoms with Crippen LogP contribution in [0.25, 0.3) is 0 Å². The van der Waals surface area contributed by atoms with Gasteiger partial charge >= 0.3 is 35.2 Å². The van der Waals surface area contributed by atoms with E-state index in [1.54, 1.807) is 0 Å². The summed E-state index contributed by atoms with van der Waals surface area (Å²) in [5, 5.41) is 14.4. The van der Waals surface area contributed by atoms with Crippen LogP contribution in [0.3, 0.4) is 0 Å². The van der Waals surface area contributed by atoms with Crippen molar-refractivity contribution in [1.29, 1.82) is 0 Å². The topological polar surface area (TPSA) is 158 Å². The van der Waals surface area contributed by atoms with Gasteiger partial charge < -0.3 is 27.2 Å². The molecule has 0 heterocycles. The Hall–Kier alpha value is -0.734. The van der Waals surface area contributed by atoms with Gasteiger partial charge in [0, 0.05) is 0 Å². The first-order chi connectivity index (χ1) is 3.46. The van der Waals surface area contributed by atoms with Crippen LogP contribution < -0.4 is 11.5 Å². The molecule has 0 atom stereocenters. The van der Waals surface area contributed by atoms with E-state index in [0.717, 1.165) is 0 Å². The molecule has 7 nitrogen and oxygen atoms in total. The monoisotopic (exact) mass is 166 g/mol. The zero-order chi connectivity index (χ0) is 7.15. The number of hydrogen-bond donors (Lipinski definition) is 4. The van der Waals surface area contributed by atoms with Gasteiger partial charge in [-0.1, -0.05) is 0 Å². The third-order valence-corrected chi connectivity index (χ3v) is 0. The van der Waals surface area contributed by atoms with Gasteiger partial charge in [-0.3, -0.25) is 0 Å². The summed E-state index contributed by atoms with van der Waals surface area (Å²) in [5.74, 6) is 0. The molecule has 0 radical (unpaired) electrons. The van der Waals surface area contributed by atoms with Gasteiger partial charge in [0.25, 0.3) is 0 Å². The second-order valence-corrected chi connectivity index (χ2v) is 0.676. The molecule has 0 rings (SSSR count). The minimum absolute atomic E-state index is 0. The fourth-order valence-electron chi connectivity index (χ4n) is 0. The number of hydrogen-bond acceptors (Lipinski definition) is 2. The summed E-state index contributed by atoms with van der Waals surface area (Å²) in [7, 11) is 0. The van der Waals surface area contributed by atoms with E-state index in [1.165, 1.54) is 0 Å². The highest BCUT2D eigenvalue weighted by Gasteiger charge is 1.65. The molecule has 0 aliphatic heterocycles. The van der Waals surface area contributed by atoms with Crippen LogP contribution in [0.5, 0.6) is 0 Å². The largest absolute Gasteiger partial charge is 0.465 e. The zero-order valence-electron chi connectivity index (χ0n) is 4.37. The molecular formula is C2H10MgN2O5. The van der Waals surface area contributed by atoms with Crippen LogP contribution in [0, 0.1) is 0 Å². The van der Waals surface area contributed by atoms with Crippen molar-refractivity contribution in [1.82, 2.24) is 0 Å². The van der Waals surface area contributed by atoms with Crippen LogP contribution in [0.1, 0.15) is 0 Å². The highest BCUT2D eigenvalue weighted by molar-refractivity contribution is 5.75. The lowest BCUT2D eigenvalue weighted by Gasteiger charge is -1.61. The number of rotatable bonds is 0. The van der Waals surface area contributed by atoms with Crippen molar-refractivity contribution < 1.29 is 25.3 Å². The van der Waals surface area contributed by atoms with E-state index in [0.29, 0.717) is 0 Å². The zero-order valence-corrected chi connectivity index (χ0v) is 4.37. The first-order valence-corrected chi connectivity index (χ1v) is 1.43. The second kappa shape index (κ2) is 15.7. The van der Waals surface area contributed by atoms with Crippen molar-refractivity contribution in [3.8, 4) is 0 Å². The lowest BCUT2D eigenvalue weighted by Crippen LogP contribution is -2.03. The molecule has 0 spiro atoms. The second-order valence-electron chi connectivity index (χ2n) is 0.676. The molecule has 0 aliphatic rings. The molecule has 2 amide bonds. The third-order valence-electron chi connectivity index (χ3n) is 0. The van der Waals surface area contributed by atoms with Gasteiger partial charge in [-0.2, -0.15) is 0 Å². The molecule has 0 fully saturated rings. The molecule has 0 aromatic carbocycles. The minimum Gasteiger partial charge on any atom is -0.465 e. The van der Waals surface area contributed by atoms with Crippen LogP contribution >= 0.6 is 0 Å². The number of amides is 2. The first-order valence-electron chi connectivity index (χ1n) is 1.43. The van der Waals surface area contributed by atoms with E-state index < -0.39 is 12.2 Å². The molecule has 0 bridgehead atoms. The number of carboxylic acid groups (broad SMARTS) is 2. The van der Waals surface area contributed by atoms with Crippen molar-refractivity contribution in [3.05, 3.63) is 0 Å². The summed E-state index contributed by atoms with van der Waals surface area (Å²) in [6.45, 7) is 0. The van der Waals surface area contributed by atoms with Crippen molar-refractivity contribution in [2.24, 2.45) is 11.5 Å². The molecule has 0 unspecified atom stereocenters. The molecule has 0 saturated carbocycles. The molecular weight excluding hydrogens is 156 g/mol. The van der Waals surface area contributed by atoms with Crippen molar-refractivity contribution in [3.63, 3.8) is 0 Å². The van der Waals surface area contributed by atoms with Gasteiger partial charge in [0.1, 0.15) is 0 Å². The SMILES string of the molecule is NC(=O)O.NC(=O)O.O.[MgH2]. The average Bonchev–Trinajstić information content (AvgIpc) is 1.25. The Kier molecular flexibility index (Phi) is 35.9. The summed E-state index contributed by atoms with van der Waals surface area (Å²) < 4.78 is 0. The lowest BCUT2D eigenvalue weighted by atomic mass is 11.3. The number of nitrogens with two attached hydrogens (primary N) is 2. The van der Waals surface area contributed by atoms with Crippen molar-refractivity contribution in [2.45, 2.75) is 0 Å². The Bertz CT molecular complexity index is 75.6. The maximum atomic E-state index is 8.78. The maximum Gasteiger partial charge on any atom is 0.402 e. The van der Waals surface area contributed by atoms with Gasteiger partial charge in [0.05, 0.1) is 0 Å². The van der Waals surface area contributed by atoms with Gasteiger partial charge in [-0.05, 0) is 0 Å². The molecule has 60 valence electrons. The smallest absolute Gasteiger partial charge is 0.402 e. The van der Waals surface area contributed by atoms with Crippen LogP contribution in [0.2, 0.25) is 0 Å². The highest BCUT2D eigenvalue weighted by Crippen LogP contribution is 1.35. The van der Waals surface area contributed by atoms with E-state index in [9.17, 15) is 0 Å². The van der Waals surface area contributed by atoms with Gasteiger partial charge in [-0.15, -0.1) is 0 Å². The minimum atomic E-state index is -1.33. The number of carbonyl (C=O) groups is 2. The van der Waals surface area contributed by atoms with Gasteiger partial charge in [-0.25, -0.2) is 9.59 Å². The Morgan fingerprint density at radius 1 is 1.00 bits per heavy atom. The Morgan fingerprint density at radius 3 is 1.00 bits per heavy atom. The average molecular weight is 166 g/mol. The summed E-state index contributed by atoms with van der Waals surface area (Å²) >= 11 is 0. The van der Waals surface area contributed by atoms with E-state index in [1.807, 2.05) is 0 Å². The maximum absolute atomic E-state index is 8.78. The molecule has 10 heavy (non-hydrogen) atoms. The standard InChI is InChI=1S/2CH3NO2.Mg.H2O.2H/c2*2-1(3)4;;;;/h2*2H2,(H,3,4);;1H2;;. The summed E-state index contributed by atoms with van der Waals surface area (Å²) in [5.41, 5.74) is 8.06. The van der Waals surface area contributed by atoms with Crippen molar-refractivity contribution in [2.75, 3.05) is 0 Å². The Labute approximate surface area is 72.5 Å². The molecule has 0 aromatic heterocycles. The molecule has 8 heteroatoms. The Balaban J connectivity index is -0.0000000300. The predicted octanol–water partition coefficient (Wildman–Crippen LogP) is -2.49. The van der Waals surface area contributed by atoms with E-state index in [4.69, 9.17) is 19.8 Å². The highest BCUT2D eigenvalue weighted by atomic mass is 24.3. The molecule has 0 aliphatic carbocycles. The normalized spacial score (nSPS) is 4.80. The fraction of sp³-hybridized carbons (Fsp3) is 0. The first kappa shape index (κ1) is 22.8. The van der Waals surface area contributed by atoms with Crippen LogP contribution in [-0.2, 0) is 0 Å².